The molecular weight excluding hydrogens is 301 g/mol. The molecule has 120 valence electrons. The predicted octanol–water partition coefficient (Wildman–Crippen LogP) is 0.809. The second-order valence-corrected chi connectivity index (χ2v) is 5.20. The number of likely N-dealkylation sites (N-methyl/N-ethyl adjacent to an activating group) is 1. The Balaban J connectivity index is 0.00000180. The van der Waals surface area contributed by atoms with Crippen LogP contribution in [0.25, 0.3) is 0 Å². The molecular formula is C13H27Cl2N3O2. The smallest absolute Gasteiger partial charge is 0.222 e. The topological polar surface area (TPSA) is 53.6 Å². The van der Waals surface area contributed by atoms with Crippen molar-refractivity contribution >= 4 is 30.7 Å². The zero-order chi connectivity index (χ0) is 12.8. The molecule has 0 aromatic heterocycles. The molecule has 2 fully saturated rings. The van der Waals surface area contributed by atoms with Gasteiger partial charge in [0.25, 0.3) is 0 Å². The third-order valence-corrected chi connectivity index (χ3v) is 3.74. The molecule has 0 spiro atoms. The normalized spacial score (nSPS) is 27.1. The minimum absolute atomic E-state index is 0. The number of nitrogens with one attached hydrogen (secondary N) is 2. The van der Waals surface area contributed by atoms with Crippen LogP contribution >= 0.6 is 24.8 Å². The zero-order valence-corrected chi connectivity index (χ0v) is 13.7. The first-order chi connectivity index (χ1) is 8.78. The van der Waals surface area contributed by atoms with E-state index >= 15 is 0 Å². The van der Waals surface area contributed by atoms with Crippen molar-refractivity contribution in [1.82, 2.24) is 15.5 Å². The van der Waals surface area contributed by atoms with E-state index in [9.17, 15) is 4.79 Å². The summed E-state index contributed by atoms with van der Waals surface area (Å²) in [6, 6.07) is 0.322. The molecule has 2 saturated heterocycles. The molecule has 0 saturated carbocycles. The Kier molecular flexibility index (Phi) is 10.6. The van der Waals surface area contributed by atoms with E-state index < -0.39 is 0 Å². The second kappa shape index (κ2) is 10.6. The minimum Gasteiger partial charge on any atom is -0.375 e. The number of rotatable bonds is 4. The molecule has 2 heterocycles. The van der Waals surface area contributed by atoms with Gasteiger partial charge in [0.1, 0.15) is 0 Å². The van der Waals surface area contributed by atoms with Crippen molar-refractivity contribution in [2.45, 2.75) is 38.3 Å². The molecule has 7 heteroatoms. The van der Waals surface area contributed by atoms with E-state index in [1.54, 1.807) is 0 Å². The second-order valence-electron chi connectivity index (χ2n) is 5.20. The minimum atomic E-state index is 0. The number of carbonyl (C=O) groups is 1. The van der Waals surface area contributed by atoms with E-state index in [2.05, 4.69) is 22.5 Å². The van der Waals surface area contributed by atoms with Gasteiger partial charge in [-0.15, -0.1) is 24.8 Å². The van der Waals surface area contributed by atoms with Crippen LogP contribution in [-0.2, 0) is 9.53 Å². The lowest BCUT2D eigenvalue weighted by molar-refractivity contribution is -0.125. The van der Waals surface area contributed by atoms with Crippen LogP contribution < -0.4 is 10.6 Å². The number of piperidine rings is 1. The lowest BCUT2D eigenvalue weighted by Crippen LogP contribution is -2.49. The Bertz CT molecular complexity index is 276. The summed E-state index contributed by atoms with van der Waals surface area (Å²) in [5, 5.41) is 6.39. The third-order valence-electron chi connectivity index (χ3n) is 3.74. The van der Waals surface area contributed by atoms with Crippen LogP contribution in [-0.4, -0.2) is 62.3 Å². The maximum Gasteiger partial charge on any atom is 0.222 e. The molecule has 0 bridgehead atoms. The monoisotopic (exact) mass is 327 g/mol. The fraction of sp³-hybridized carbons (Fsp3) is 0.923. The van der Waals surface area contributed by atoms with E-state index in [-0.39, 0.29) is 36.8 Å². The summed E-state index contributed by atoms with van der Waals surface area (Å²) in [4.78, 5) is 14.3. The van der Waals surface area contributed by atoms with Crippen molar-refractivity contribution in [1.29, 1.82) is 0 Å². The number of ether oxygens (including phenoxy) is 1. The van der Waals surface area contributed by atoms with Gasteiger partial charge >= 0.3 is 0 Å². The van der Waals surface area contributed by atoms with Crippen molar-refractivity contribution in [3.8, 4) is 0 Å². The van der Waals surface area contributed by atoms with Crippen molar-refractivity contribution in [2.75, 3.05) is 39.3 Å². The number of amides is 1. The number of hydrogen-bond donors (Lipinski definition) is 2. The van der Waals surface area contributed by atoms with Crippen LogP contribution in [0.4, 0.5) is 0 Å². The fourth-order valence-corrected chi connectivity index (χ4v) is 2.70. The average molecular weight is 328 g/mol. The van der Waals surface area contributed by atoms with Gasteiger partial charge in [-0.3, -0.25) is 4.79 Å². The maximum absolute atomic E-state index is 11.9. The van der Waals surface area contributed by atoms with Gasteiger partial charge in [0.15, 0.2) is 0 Å². The summed E-state index contributed by atoms with van der Waals surface area (Å²) in [6.45, 7) is 7.80. The summed E-state index contributed by atoms with van der Waals surface area (Å²) in [5.74, 6) is 0.131. The van der Waals surface area contributed by atoms with Crippen LogP contribution in [0.5, 0.6) is 0 Å². The molecule has 2 rings (SSSR count). The molecule has 2 aliphatic heterocycles. The largest absolute Gasteiger partial charge is 0.375 e. The van der Waals surface area contributed by atoms with Crippen LogP contribution in [0.2, 0.25) is 0 Å². The summed E-state index contributed by atoms with van der Waals surface area (Å²) in [7, 11) is 0. The first kappa shape index (κ1) is 19.9. The molecule has 2 aliphatic rings. The van der Waals surface area contributed by atoms with Gasteiger partial charge in [0, 0.05) is 25.7 Å². The highest BCUT2D eigenvalue weighted by Crippen LogP contribution is 2.10. The quantitative estimate of drug-likeness (QED) is 0.802. The first-order valence-electron chi connectivity index (χ1n) is 7.12. The number of hydrogen-bond acceptors (Lipinski definition) is 4. The molecule has 20 heavy (non-hydrogen) atoms. The SMILES string of the molecule is CCN1CCCC(NC(=O)CC2CNCCO2)C1.Cl.Cl. The van der Waals surface area contributed by atoms with Crippen molar-refractivity contribution in [3.63, 3.8) is 0 Å². The average Bonchev–Trinajstić information content (AvgIpc) is 2.40. The molecule has 2 unspecified atom stereocenters. The lowest BCUT2D eigenvalue weighted by atomic mass is 10.1. The summed E-state index contributed by atoms with van der Waals surface area (Å²) in [5.41, 5.74) is 0. The van der Waals surface area contributed by atoms with Crippen molar-refractivity contribution in [2.24, 2.45) is 0 Å². The molecule has 0 aromatic rings. The maximum atomic E-state index is 11.9. The lowest BCUT2D eigenvalue weighted by Gasteiger charge is -2.32. The Morgan fingerprint density at radius 1 is 1.45 bits per heavy atom. The van der Waals surface area contributed by atoms with Gasteiger partial charge in [0.05, 0.1) is 19.1 Å². The molecule has 2 N–H and O–H groups in total. The molecule has 1 amide bonds. The molecule has 0 aliphatic carbocycles. The van der Waals surface area contributed by atoms with Gasteiger partial charge in [0.2, 0.25) is 5.91 Å². The van der Waals surface area contributed by atoms with Gasteiger partial charge in [-0.2, -0.15) is 0 Å². The van der Waals surface area contributed by atoms with E-state index in [4.69, 9.17) is 4.74 Å². The van der Waals surface area contributed by atoms with Gasteiger partial charge < -0.3 is 20.3 Å². The van der Waals surface area contributed by atoms with Gasteiger partial charge in [-0.25, -0.2) is 0 Å². The molecule has 5 nitrogen and oxygen atoms in total. The Morgan fingerprint density at radius 2 is 2.25 bits per heavy atom. The van der Waals surface area contributed by atoms with Crippen LogP contribution in [0.3, 0.4) is 0 Å². The Labute approximate surface area is 134 Å². The molecule has 0 aromatic carbocycles. The van der Waals surface area contributed by atoms with Crippen LogP contribution in [0.15, 0.2) is 0 Å². The number of carbonyl (C=O) groups excluding carboxylic acids is 1. The Hall–Kier alpha value is -0.0700. The molecule has 0 radical (unpaired) electrons. The number of likely N-dealkylation sites (tertiary alicyclic amines) is 1. The van der Waals surface area contributed by atoms with Crippen molar-refractivity contribution < 1.29 is 9.53 Å². The first-order valence-corrected chi connectivity index (χ1v) is 7.12. The summed E-state index contributed by atoms with van der Waals surface area (Å²) < 4.78 is 5.55. The zero-order valence-electron chi connectivity index (χ0n) is 12.1. The Morgan fingerprint density at radius 3 is 2.90 bits per heavy atom. The van der Waals surface area contributed by atoms with E-state index in [0.29, 0.717) is 19.1 Å². The highest BCUT2D eigenvalue weighted by atomic mass is 35.5. The van der Waals surface area contributed by atoms with E-state index in [1.807, 2.05) is 0 Å². The standard InChI is InChI=1S/C13H25N3O2.2ClH/c1-2-16-6-3-4-11(10-16)15-13(17)8-12-9-14-5-7-18-12;;/h11-12,14H,2-10H2,1H3,(H,15,17);2*1H. The van der Waals surface area contributed by atoms with Crippen molar-refractivity contribution in [3.05, 3.63) is 0 Å². The number of halogens is 2. The highest BCUT2D eigenvalue weighted by Gasteiger charge is 2.22. The van der Waals surface area contributed by atoms with E-state index in [0.717, 1.165) is 32.6 Å². The molecule has 2 atom stereocenters. The number of nitrogens with zero attached hydrogens (tertiary/aromatic N) is 1. The van der Waals surface area contributed by atoms with Crippen LogP contribution in [0.1, 0.15) is 26.2 Å². The summed E-state index contributed by atoms with van der Waals surface area (Å²) >= 11 is 0. The van der Waals surface area contributed by atoms with Crippen LogP contribution in [0, 0.1) is 0 Å². The summed E-state index contributed by atoms with van der Waals surface area (Å²) in [6.07, 6.45) is 2.81. The van der Waals surface area contributed by atoms with Gasteiger partial charge in [-0.1, -0.05) is 6.92 Å². The third kappa shape index (κ3) is 6.59. The van der Waals surface area contributed by atoms with E-state index in [1.165, 1.54) is 13.0 Å². The highest BCUT2D eigenvalue weighted by molar-refractivity contribution is 5.85. The number of morpholine rings is 1. The predicted molar refractivity (Wildman–Crippen MR) is 85.0 cm³/mol. The van der Waals surface area contributed by atoms with Gasteiger partial charge in [-0.05, 0) is 25.9 Å². The fourth-order valence-electron chi connectivity index (χ4n) is 2.70.